The maximum Gasteiger partial charge on any atom is 0.0927 e. The lowest BCUT2D eigenvalue weighted by atomic mass is 10.1. The fourth-order valence-corrected chi connectivity index (χ4v) is 2.31. The van der Waals surface area contributed by atoms with E-state index in [1.807, 2.05) is 24.0 Å². The maximum absolute atomic E-state index is 6.25. The minimum Gasteiger partial charge on any atom is -0.318 e. The van der Waals surface area contributed by atoms with Crippen LogP contribution < -0.4 is 5.73 Å². The van der Waals surface area contributed by atoms with Gasteiger partial charge >= 0.3 is 0 Å². The fraction of sp³-hybridized carbons (Fsp3) is 0.455. The van der Waals surface area contributed by atoms with Crippen molar-refractivity contribution in [2.75, 3.05) is 0 Å². The minimum absolute atomic E-state index is 0.268. The summed E-state index contributed by atoms with van der Waals surface area (Å²) in [5, 5.41) is 8.66. The van der Waals surface area contributed by atoms with Crippen LogP contribution in [0.25, 0.3) is 0 Å². The summed E-state index contributed by atoms with van der Waals surface area (Å²) in [6.45, 7) is 4.15. The van der Waals surface area contributed by atoms with Crippen LogP contribution in [0.15, 0.2) is 22.9 Å². The Morgan fingerprint density at radius 3 is 2.65 bits per heavy atom. The van der Waals surface area contributed by atoms with Gasteiger partial charge in [-0.05, 0) is 35.8 Å². The van der Waals surface area contributed by atoms with Gasteiger partial charge in [0.15, 0.2) is 0 Å². The lowest BCUT2D eigenvalue weighted by Gasteiger charge is -2.15. The van der Waals surface area contributed by atoms with Crippen molar-refractivity contribution >= 4 is 15.9 Å². The molecule has 1 unspecified atom stereocenters. The van der Waals surface area contributed by atoms with E-state index >= 15 is 0 Å². The van der Waals surface area contributed by atoms with Gasteiger partial charge in [-0.1, -0.05) is 0 Å². The van der Waals surface area contributed by atoms with Crippen molar-refractivity contribution in [3.63, 3.8) is 0 Å². The zero-order chi connectivity index (χ0) is 12.6. The lowest BCUT2D eigenvalue weighted by molar-refractivity contribution is 0.495. The molecular formula is C11H16BrN5. The van der Waals surface area contributed by atoms with Gasteiger partial charge in [-0.15, -0.1) is 0 Å². The third-order valence-electron chi connectivity index (χ3n) is 2.62. The molecule has 0 saturated heterocycles. The van der Waals surface area contributed by atoms with E-state index in [-0.39, 0.29) is 12.1 Å². The van der Waals surface area contributed by atoms with Crippen LogP contribution in [0.4, 0.5) is 0 Å². The van der Waals surface area contributed by atoms with Gasteiger partial charge in [0.2, 0.25) is 0 Å². The molecular weight excluding hydrogens is 282 g/mol. The van der Waals surface area contributed by atoms with Crippen molar-refractivity contribution in [1.82, 2.24) is 19.6 Å². The van der Waals surface area contributed by atoms with E-state index in [2.05, 4.69) is 40.0 Å². The highest BCUT2D eigenvalue weighted by Crippen LogP contribution is 2.27. The molecule has 0 amide bonds. The summed E-state index contributed by atoms with van der Waals surface area (Å²) in [6, 6.07) is 1.93. The molecule has 17 heavy (non-hydrogen) atoms. The monoisotopic (exact) mass is 297 g/mol. The van der Waals surface area contributed by atoms with E-state index < -0.39 is 0 Å². The normalized spacial score (nSPS) is 13.3. The summed E-state index contributed by atoms with van der Waals surface area (Å²) in [6.07, 6.45) is 3.66. The number of rotatable bonds is 3. The molecule has 5 nitrogen and oxygen atoms in total. The second kappa shape index (κ2) is 4.62. The summed E-state index contributed by atoms with van der Waals surface area (Å²) in [5.74, 6) is 0. The minimum atomic E-state index is -0.268. The highest BCUT2D eigenvalue weighted by molar-refractivity contribution is 9.10. The molecule has 0 aromatic carbocycles. The summed E-state index contributed by atoms with van der Waals surface area (Å²) in [4.78, 5) is 0. The Bertz CT molecular complexity index is 514. The van der Waals surface area contributed by atoms with Crippen LogP contribution in [0.5, 0.6) is 0 Å². The Morgan fingerprint density at radius 1 is 1.41 bits per heavy atom. The van der Waals surface area contributed by atoms with Gasteiger partial charge in [0, 0.05) is 19.3 Å². The molecule has 2 aromatic rings. The molecule has 0 fully saturated rings. The first-order valence-corrected chi connectivity index (χ1v) is 6.28. The predicted molar refractivity (Wildman–Crippen MR) is 69.6 cm³/mol. The van der Waals surface area contributed by atoms with Gasteiger partial charge in [0.1, 0.15) is 0 Å². The molecule has 0 radical (unpaired) electrons. The Morgan fingerprint density at radius 2 is 2.12 bits per heavy atom. The highest BCUT2D eigenvalue weighted by atomic mass is 79.9. The Labute approximate surface area is 109 Å². The Balaban J connectivity index is 2.43. The Hall–Kier alpha value is -1.14. The SMILES string of the molecule is CC(C)n1ncc(Br)c1C(N)c1ccn(C)n1. The van der Waals surface area contributed by atoms with Crippen LogP contribution in [0, 0.1) is 0 Å². The van der Waals surface area contributed by atoms with E-state index in [1.165, 1.54) is 0 Å². The van der Waals surface area contributed by atoms with Crippen molar-refractivity contribution in [3.05, 3.63) is 34.3 Å². The first-order valence-electron chi connectivity index (χ1n) is 5.48. The largest absolute Gasteiger partial charge is 0.318 e. The fourth-order valence-electron chi connectivity index (χ4n) is 1.79. The number of hydrogen-bond donors (Lipinski definition) is 1. The molecule has 2 N–H and O–H groups in total. The number of nitrogens with two attached hydrogens (primary N) is 1. The standard InChI is InChI=1S/C11H16BrN5/c1-7(2)17-11(8(12)6-14-17)10(13)9-4-5-16(3)15-9/h4-7,10H,13H2,1-3H3. The zero-order valence-electron chi connectivity index (χ0n) is 10.1. The first-order chi connectivity index (χ1) is 8.00. The van der Waals surface area contributed by atoms with Crippen molar-refractivity contribution in [2.45, 2.75) is 25.9 Å². The Kier molecular flexibility index (Phi) is 3.35. The molecule has 2 heterocycles. The third kappa shape index (κ3) is 2.28. The van der Waals surface area contributed by atoms with E-state index in [9.17, 15) is 0 Å². The molecule has 0 aliphatic rings. The molecule has 0 bridgehead atoms. The van der Waals surface area contributed by atoms with E-state index in [0.717, 1.165) is 15.9 Å². The van der Waals surface area contributed by atoms with Gasteiger partial charge in [-0.3, -0.25) is 9.36 Å². The quantitative estimate of drug-likeness (QED) is 0.943. The van der Waals surface area contributed by atoms with Gasteiger partial charge in [-0.2, -0.15) is 10.2 Å². The van der Waals surface area contributed by atoms with Gasteiger partial charge < -0.3 is 5.73 Å². The van der Waals surface area contributed by atoms with Gasteiger partial charge in [0.25, 0.3) is 0 Å². The third-order valence-corrected chi connectivity index (χ3v) is 3.23. The van der Waals surface area contributed by atoms with Crippen LogP contribution in [0.3, 0.4) is 0 Å². The number of hydrogen-bond acceptors (Lipinski definition) is 3. The van der Waals surface area contributed by atoms with Crippen LogP contribution in [0.1, 0.15) is 37.3 Å². The zero-order valence-corrected chi connectivity index (χ0v) is 11.7. The van der Waals surface area contributed by atoms with Crippen LogP contribution in [-0.2, 0) is 7.05 Å². The van der Waals surface area contributed by atoms with Crippen LogP contribution in [0.2, 0.25) is 0 Å². The smallest absolute Gasteiger partial charge is 0.0927 e. The molecule has 92 valence electrons. The number of aryl methyl sites for hydroxylation is 1. The second-order valence-electron chi connectivity index (χ2n) is 4.31. The lowest BCUT2D eigenvalue weighted by Crippen LogP contribution is -2.19. The van der Waals surface area contributed by atoms with Crippen molar-refractivity contribution < 1.29 is 0 Å². The summed E-state index contributed by atoms with van der Waals surface area (Å²) in [7, 11) is 1.88. The topological polar surface area (TPSA) is 61.7 Å². The summed E-state index contributed by atoms with van der Waals surface area (Å²) >= 11 is 3.49. The number of aromatic nitrogens is 4. The average molecular weight is 298 g/mol. The first kappa shape index (κ1) is 12.3. The predicted octanol–water partition coefficient (Wildman–Crippen LogP) is 2.01. The molecule has 0 spiro atoms. The van der Waals surface area contributed by atoms with Crippen molar-refractivity contribution in [3.8, 4) is 0 Å². The average Bonchev–Trinajstić information content (AvgIpc) is 2.83. The molecule has 2 aromatic heterocycles. The molecule has 2 rings (SSSR count). The summed E-state index contributed by atoms with van der Waals surface area (Å²) < 4.78 is 4.59. The van der Waals surface area contributed by atoms with E-state index in [4.69, 9.17) is 5.73 Å². The highest BCUT2D eigenvalue weighted by Gasteiger charge is 2.21. The molecule has 0 aliphatic carbocycles. The number of halogens is 1. The maximum atomic E-state index is 6.25. The van der Waals surface area contributed by atoms with Crippen molar-refractivity contribution in [2.24, 2.45) is 12.8 Å². The molecule has 1 atom stereocenters. The second-order valence-corrected chi connectivity index (χ2v) is 5.16. The van der Waals surface area contributed by atoms with Crippen LogP contribution in [-0.4, -0.2) is 19.6 Å². The van der Waals surface area contributed by atoms with E-state index in [0.29, 0.717) is 0 Å². The molecule has 0 saturated carbocycles. The van der Waals surface area contributed by atoms with Crippen molar-refractivity contribution in [1.29, 1.82) is 0 Å². The number of nitrogens with zero attached hydrogens (tertiary/aromatic N) is 4. The van der Waals surface area contributed by atoms with Crippen LogP contribution >= 0.6 is 15.9 Å². The van der Waals surface area contributed by atoms with Gasteiger partial charge in [0.05, 0.1) is 28.1 Å². The molecule has 6 heteroatoms. The van der Waals surface area contributed by atoms with E-state index in [1.54, 1.807) is 10.9 Å². The molecule has 0 aliphatic heterocycles. The van der Waals surface area contributed by atoms with Gasteiger partial charge in [-0.25, -0.2) is 0 Å². The summed E-state index contributed by atoms with van der Waals surface area (Å²) in [5.41, 5.74) is 8.05.